The standard InChI is InChI=1S/C14H18ClFO2/c1-9-6-10(4-5-14(9,18)8-17)12-3-2-11(15)7-13(12)16/h2-3,7,9-10,17-18H,4-6,8H2,1H3. The summed E-state index contributed by atoms with van der Waals surface area (Å²) in [5, 5.41) is 19.8. The highest BCUT2D eigenvalue weighted by Gasteiger charge is 2.39. The molecule has 0 bridgehead atoms. The van der Waals surface area contributed by atoms with Gasteiger partial charge in [-0.15, -0.1) is 0 Å². The molecule has 0 amide bonds. The molecule has 100 valence electrons. The number of hydrogen-bond donors (Lipinski definition) is 2. The van der Waals surface area contributed by atoms with E-state index in [4.69, 9.17) is 11.6 Å². The Morgan fingerprint density at radius 3 is 2.78 bits per heavy atom. The van der Waals surface area contributed by atoms with Crippen molar-refractivity contribution in [2.24, 2.45) is 5.92 Å². The van der Waals surface area contributed by atoms with Crippen LogP contribution in [0.1, 0.15) is 37.7 Å². The van der Waals surface area contributed by atoms with E-state index in [1.165, 1.54) is 6.07 Å². The molecule has 1 aromatic rings. The van der Waals surface area contributed by atoms with Crippen LogP contribution < -0.4 is 0 Å². The van der Waals surface area contributed by atoms with Crippen LogP contribution in [0.15, 0.2) is 18.2 Å². The van der Waals surface area contributed by atoms with Gasteiger partial charge < -0.3 is 10.2 Å². The van der Waals surface area contributed by atoms with Gasteiger partial charge in [0.25, 0.3) is 0 Å². The zero-order valence-electron chi connectivity index (χ0n) is 10.4. The molecule has 1 aromatic carbocycles. The van der Waals surface area contributed by atoms with Crippen molar-refractivity contribution in [2.75, 3.05) is 6.61 Å². The quantitative estimate of drug-likeness (QED) is 0.868. The van der Waals surface area contributed by atoms with Crippen LogP contribution in [-0.2, 0) is 0 Å². The first-order valence-corrected chi connectivity index (χ1v) is 6.62. The van der Waals surface area contributed by atoms with Gasteiger partial charge in [0.1, 0.15) is 5.82 Å². The number of hydrogen-bond acceptors (Lipinski definition) is 2. The molecule has 0 aromatic heterocycles. The molecule has 1 fully saturated rings. The van der Waals surface area contributed by atoms with Crippen LogP contribution in [0.4, 0.5) is 4.39 Å². The molecule has 0 radical (unpaired) electrons. The smallest absolute Gasteiger partial charge is 0.128 e. The lowest BCUT2D eigenvalue weighted by Crippen LogP contribution is -2.44. The number of benzene rings is 1. The topological polar surface area (TPSA) is 40.5 Å². The Hall–Kier alpha value is -0.640. The molecule has 0 saturated heterocycles. The van der Waals surface area contributed by atoms with Crippen molar-refractivity contribution in [3.05, 3.63) is 34.6 Å². The van der Waals surface area contributed by atoms with E-state index in [-0.39, 0.29) is 24.3 Å². The minimum atomic E-state index is -1.01. The molecule has 18 heavy (non-hydrogen) atoms. The van der Waals surface area contributed by atoms with Crippen LogP contribution in [0.2, 0.25) is 5.02 Å². The van der Waals surface area contributed by atoms with Crippen molar-refractivity contribution in [3.8, 4) is 0 Å². The average molecular weight is 273 g/mol. The van der Waals surface area contributed by atoms with Crippen LogP contribution in [0.3, 0.4) is 0 Å². The molecule has 1 aliphatic rings. The van der Waals surface area contributed by atoms with Gasteiger partial charge in [-0.3, -0.25) is 0 Å². The number of rotatable bonds is 2. The first-order chi connectivity index (χ1) is 8.46. The van der Waals surface area contributed by atoms with Gasteiger partial charge in [0.05, 0.1) is 12.2 Å². The SMILES string of the molecule is CC1CC(c2ccc(Cl)cc2F)CCC1(O)CO. The number of aliphatic hydroxyl groups is 2. The highest BCUT2D eigenvalue weighted by atomic mass is 35.5. The Kier molecular flexibility index (Phi) is 3.95. The van der Waals surface area contributed by atoms with E-state index in [0.717, 1.165) is 0 Å². The molecule has 2 rings (SSSR count). The molecule has 3 atom stereocenters. The third-order valence-corrected chi connectivity index (χ3v) is 4.39. The lowest BCUT2D eigenvalue weighted by atomic mass is 9.70. The summed E-state index contributed by atoms with van der Waals surface area (Å²) in [7, 11) is 0. The zero-order chi connectivity index (χ0) is 13.3. The third-order valence-electron chi connectivity index (χ3n) is 4.16. The summed E-state index contributed by atoms with van der Waals surface area (Å²) >= 11 is 5.74. The van der Waals surface area contributed by atoms with Crippen molar-refractivity contribution in [1.29, 1.82) is 0 Å². The van der Waals surface area contributed by atoms with Gasteiger partial charge in [-0.1, -0.05) is 24.6 Å². The van der Waals surface area contributed by atoms with Crippen molar-refractivity contribution in [3.63, 3.8) is 0 Å². The Morgan fingerprint density at radius 2 is 2.22 bits per heavy atom. The molecule has 2 nitrogen and oxygen atoms in total. The summed E-state index contributed by atoms with van der Waals surface area (Å²) in [5.41, 5.74) is -0.356. The Labute approximate surface area is 111 Å². The maximum atomic E-state index is 13.8. The molecule has 0 spiro atoms. The van der Waals surface area contributed by atoms with E-state index < -0.39 is 5.60 Å². The fourth-order valence-electron chi connectivity index (χ4n) is 2.78. The third kappa shape index (κ3) is 2.53. The average Bonchev–Trinajstić information content (AvgIpc) is 2.33. The molecule has 1 aliphatic carbocycles. The van der Waals surface area contributed by atoms with Crippen LogP contribution in [0.5, 0.6) is 0 Å². The summed E-state index contributed by atoms with van der Waals surface area (Å²) in [4.78, 5) is 0. The minimum Gasteiger partial charge on any atom is -0.393 e. The second kappa shape index (κ2) is 5.16. The second-order valence-corrected chi connectivity index (χ2v) is 5.74. The predicted octanol–water partition coefficient (Wildman–Crippen LogP) is 3.11. The Morgan fingerprint density at radius 1 is 1.50 bits per heavy atom. The maximum Gasteiger partial charge on any atom is 0.128 e. The van der Waals surface area contributed by atoms with Gasteiger partial charge in [-0.2, -0.15) is 0 Å². The van der Waals surface area contributed by atoms with E-state index in [1.807, 2.05) is 6.92 Å². The van der Waals surface area contributed by atoms with Crippen LogP contribution in [-0.4, -0.2) is 22.4 Å². The molecule has 4 heteroatoms. The van der Waals surface area contributed by atoms with E-state index in [2.05, 4.69) is 0 Å². The first-order valence-electron chi connectivity index (χ1n) is 6.24. The Balaban J connectivity index is 2.17. The molecule has 3 unspecified atom stereocenters. The van der Waals surface area contributed by atoms with Crippen molar-refractivity contribution >= 4 is 11.6 Å². The maximum absolute atomic E-state index is 13.8. The monoisotopic (exact) mass is 272 g/mol. The van der Waals surface area contributed by atoms with Crippen LogP contribution in [0.25, 0.3) is 0 Å². The van der Waals surface area contributed by atoms with Gasteiger partial charge in [0.2, 0.25) is 0 Å². The van der Waals surface area contributed by atoms with Gasteiger partial charge in [-0.25, -0.2) is 4.39 Å². The molecule has 0 heterocycles. The summed E-state index contributed by atoms with van der Waals surface area (Å²) in [6.45, 7) is 1.67. The lowest BCUT2D eigenvalue weighted by Gasteiger charge is -2.40. The normalized spacial score (nSPS) is 32.5. The van der Waals surface area contributed by atoms with Gasteiger partial charge in [-0.05, 0) is 48.8 Å². The summed E-state index contributed by atoms with van der Waals surface area (Å²) < 4.78 is 13.8. The van der Waals surface area contributed by atoms with Crippen LogP contribution in [0, 0.1) is 11.7 Å². The van der Waals surface area contributed by atoms with Gasteiger partial charge in [0, 0.05) is 5.02 Å². The Bertz CT molecular complexity index is 438. The summed E-state index contributed by atoms with van der Waals surface area (Å²) in [5.74, 6) is -0.241. The number of halogens is 2. The van der Waals surface area contributed by atoms with E-state index in [1.54, 1.807) is 12.1 Å². The van der Waals surface area contributed by atoms with Gasteiger partial charge >= 0.3 is 0 Å². The molecule has 1 saturated carbocycles. The predicted molar refractivity (Wildman–Crippen MR) is 69.2 cm³/mol. The highest BCUT2D eigenvalue weighted by molar-refractivity contribution is 6.30. The van der Waals surface area contributed by atoms with E-state index in [0.29, 0.717) is 29.8 Å². The fraction of sp³-hybridized carbons (Fsp3) is 0.571. The van der Waals surface area contributed by atoms with E-state index >= 15 is 0 Å². The van der Waals surface area contributed by atoms with Crippen molar-refractivity contribution < 1.29 is 14.6 Å². The largest absolute Gasteiger partial charge is 0.393 e. The molecule has 2 N–H and O–H groups in total. The van der Waals surface area contributed by atoms with E-state index in [9.17, 15) is 14.6 Å². The zero-order valence-corrected chi connectivity index (χ0v) is 11.1. The summed E-state index contributed by atoms with van der Waals surface area (Å²) in [6.07, 6.45) is 1.85. The van der Waals surface area contributed by atoms with Gasteiger partial charge in [0.15, 0.2) is 0 Å². The fourth-order valence-corrected chi connectivity index (χ4v) is 2.94. The summed E-state index contributed by atoms with van der Waals surface area (Å²) in [6, 6.07) is 4.74. The minimum absolute atomic E-state index is 0.0451. The van der Waals surface area contributed by atoms with Crippen LogP contribution >= 0.6 is 11.6 Å². The second-order valence-electron chi connectivity index (χ2n) is 5.30. The van der Waals surface area contributed by atoms with Crippen molar-refractivity contribution in [2.45, 2.75) is 37.7 Å². The van der Waals surface area contributed by atoms with Crippen molar-refractivity contribution in [1.82, 2.24) is 0 Å². The highest BCUT2D eigenvalue weighted by Crippen LogP contribution is 2.42. The number of aliphatic hydroxyl groups excluding tert-OH is 1. The first kappa shape index (κ1) is 13.8. The molecule has 0 aliphatic heterocycles. The molecular weight excluding hydrogens is 255 g/mol. The molecular formula is C14H18ClFO2. The lowest BCUT2D eigenvalue weighted by molar-refractivity contribution is -0.0835.